The Morgan fingerprint density at radius 1 is 1.30 bits per heavy atom. The third-order valence-corrected chi connectivity index (χ3v) is 2.52. The molecule has 1 heterocycles. The zero-order chi connectivity index (χ0) is 14.6. The van der Waals surface area contributed by atoms with Crippen LogP contribution in [0.5, 0.6) is 5.75 Å². The fraction of sp³-hybridized carbons (Fsp3) is 0.308. The number of alkyl halides is 3. The van der Waals surface area contributed by atoms with Gasteiger partial charge >= 0.3 is 6.18 Å². The average molecular weight is 285 g/mol. The molecule has 0 unspecified atom stereocenters. The molecule has 1 aromatic carbocycles. The van der Waals surface area contributed by atoms with Crippen LogP contribution in [-0.2, 0) is 13.6 Å². The van der Waals surface area contributed by atoms with Crippen LogP contribution in [0.1, 0.15) is 5.56 Å². The number of halogens is 3. The lowest BCUT2D eigenvalue weighted by Gasteiger charge is -2.14. The van der Waals surface area contributed by atoms with E-state index < -0.39 is 12.8 Å². The van der Waals surface area contributed by atoms with E-state index in [0.29, 0.717) is 12.2 Å². The summed E-state index contributed by atoms with van der Waals surface area (Å²) in [5, 5.41) is 7.05. The number of nitrogens with one attached hydrogen (secondary N) is 1. The fourth-order valence-corrected chi connectivity index (χ4v) is 1.66. The monoisotopic (exact) mass is 285 g/mol. The van der Waals surface area contributed by atoms with Gasteiger partial charge in [-0.25, -0.2) is 0 Å². The van der Waals surface area contributed by atoms with Crippen LogP contribution < -0.4 is 10.1 Å². The summed E-state index contributed by atoms with van der Waals surface area (Å²) < 4.78 is 43.0. The Morgan fingerprint density at radius 2 is 2.05 bits per heavy atom. The van der Waals surface area contributed by atoms with Crippen molar-refractivity contribution in [2.45, 2.75) is 12.7 Å². The summed E-state index contributed by atoms with van der Waals surface area (Å²) in [6.45, 7) is -0.848. The Morgan fingerprint density at radius 3 is 2.70 bits per heavy atom. The van der Waals surface area contributed by atoms with Gasteiger partial charge in [0.05, 0.1) is 11.9 Å². The van der Waals surface area contributed by atoms with Gasteiger partial charge in [0, 0.05) is 25.4 Å². The molecule has 7 heteroatoms. The molecular weight excluding hydrogens is 271 g/mol. The van der Waals surface area contributed by atoms with E-state index in [-0.39, 0.29) is 5.75 Å². The smallest absolute Gasteiger partial charge is 0.422 e. The zero-order valence-corrected chi connectivity index (χ0v) is 10.8. The Labute approximate surface area is 114 Å². The van der Waals surface area contributed by atoms with Gasteiger partial charge in [0.25, 0.3) is 0 Å². The molecule has 0 spiro atoms. The lowest BCUT2D eigenvalue weighted by Crippen LogP contribution is -2.19. The summed E-state index contributed by atoms with van der Waals surface area (Å²) >= 11 is 0. The number of rotatable bonds is 5. The van der Waals surface area contributed by atoms with Crippen molar-refractivity contribution in [1.29, 1.82) is 0 Å². The molecule has 0 radical (unpaired) electrons. The maximum absolute atomic E-state index is 12.2. The molecule has 0 saturated carbocycles. The van der Waals surface area contributed by atoms with Crippen LogP contribution in [0.2, 0.25) is 0 Å². The largest absolute Gasteiger partial charge is 0.482 e. The van der Waals surface area contributed by atoms with Crippen molar-refractivity contribution in [3.63, 3.8) is 0 Å². The highest BCUT2D eigenvalue weighted by atomic mass is 19.4. The predicted octanol–water partition coefficient (Wildman–Crippen LogP) is 2.97. The SMILES string of the molecule is Cn1cc(CNc2ccccc2OCC(F)(F)F)cn1. The van der Waals surface area contributed by atoms with Crippen molar-refractivity contribution >= 4 is 5.69 Å². The second kappa shape index (κ2) is 5.85. The van der Waals surface area contributed by atoms with Crippen LogP contribution in [0.15, 0.2) is 36.7 Å². The Bertz CT molecular complexity index is 566. The first-order valence-electron chi connectivity index (χ1n) is 5.94. The molecule has 1 N–H and O–H groups in total. The maximum atomic E-state index is 12.2. The van der Waals surface area contributed by atoms with Gasteiger partial charge < -0.3 is 10.1 Å². The van der Waals surface area contributed by atoms with Gasteiger partial charge in [0.1, 0.15) is 5.75 Å². The molecule has 108 valence electrons. The van der Waals surface area contributed by atoms with Crippen molar-refractivity contribution in [1.82, 2.24) is 9.78 Å². The first-order valence-corrected chi connectivity index (χ1v) is 5.94. The zero-order valence-electron chi connectivity index (χ0n) is 10.8. The molecule has 0 saturated heterocycles. The summed E-state index contributed by atoms with van der Waals surface area (Å²) in [5.41, 5.74) is 1.44. The number of nitrogens with zero attached hydrogens (tertiary/aromatic N) is 2. The van der Waals surface area contributed by atoms with E-state index in [1.54, 1.807) is 36.1 Å². The number of aromatic nitrogens is 2. The highest BCUT2D eigenvalue weighted by Crippen LogP contribution is 2.26. The minimum atomic E-state index is -4.35. The summed E-state index contributed by atoms with van der Waals surface area (Å²) in [6.07, 6.45) is -0.838. The number of benzene rings is 1. The Balaban J connectivity index is 2.00. The number of aryl methyl sites for hydroxylation is 1. The van der Waals surface area contributed by atoms with Gasteiger partial charge in [-0.15, -0.1) is 0 Å². The van der Waals surface area contributed by atoms with Crippen LogP contribution in [0.25, 0.3) is 0 Å². The molecule has 2 rings (SSSR count). The topological polar surface area (TPSA) is 39.1 Å². The second-order valence-corrected chi connectivity index (χ2v) is 4.28. The summed E-state index contributed by atoms with van der Waals surface area (Å²) in [6, 6.07) is 6.52. The minimum Gasteiger partial charge on any atom is -0.482 e. The van der Waals surface area contributed by atoms with Crippen molar-refractivity contribution in [3.8, 4) is 5.75 Å². The van der Waals surface area contributed by atoms with Crippen LogP contribution in [0.4, 0.5) is 18.9 Å². The number of hydrogen-bond acceptors (Lipinski definition) is 3. The van der Waals surface area contributed by atoms with Crippen LogP contribution >= 0.6 is 0 Å². The molecule has 0 aliphatic heterocycles. The van der Waals surface area contributed by atoms with E-state index >= 15 is 0 Å². The molecule has 20 heavy (non-hydrogen) atoms. The molecule has 0 aliphatic rings. The molecule has 4 nitrogen and oxygen atoms in total. The van der Waals surface area contributed by atoms with Gasteiger partial charge in [-0.2, -0.15) is 18.3 Å². The van der Waals surface area contributed by atoms with Crippen molar-refractivity contribution in [2.24, 2.45) is 7.05 Å². The lowest BCUT2D eigenvalue weighted by atomic mass is 10.2. The number of ether oxygens (including phenoxy) is 1. The highest BCUT2D eigenvalue weighted by Gasteiger charge is 2.28. The van der Waals surface area contributed by atoms with Crippen LogP contribution in [-0.4, -0.2) is 22.6 Å². The molecule has 0 aliphatic carbocycles. The highest BCUT2D eigenvalue weighted by molar-refractivity contribution is 5.56. The van der Waals surface area contributed by atoms with E-state index in [0.717, 1.165) is 5.56 Å². The number of hydrogen-bond donors (Lipinski definition) is 1. The predicted molar refractivity (Wildman–Crippen MR) is 68.5 cm³/mol. The molecule has 1 aromatic heterocycles. The molecular formula is C13H14F3N3O. The quantitative estimate of drug-likeness (QED) is 0.918. The van der Waals surface area contributed by atoms with Crippen molar-refractivity contribution in [3.05, 3.63) is 42.2 Å². The van der Waals surface area contributed by atoms with Gasteiger partial charge in [-0.05, 0) is 12.1 Å². The number of para-hydroxylation sites is 2. The fourth-order valence-electron chi connectivity index (χ4n) is 1.66. The van der Waals surface area contributed by atoms with Gasteiger partial charge in [0.15, 0.2) is 6.61 Å². The Hall–Kier alpha value is -2.18. The van der Waals surface area contributed by atoms with Crippen LogP contribution in [0, 0.1) is 0 Å². The van der Waals surface area contributed by atoms with Crippen molar-refractivity contribution < 1.29 is 17.9 Å². The van der Waals surface area contributed by atoms with E-state index in [2.05, 4.69) is 10.4 Å². The van der Waals surface area contributed by atoms with E-state index in [9.17, 15) is 13.2 Å². The minimum absolute atomic E-state index is 0.175. The van der Waals surface area contributed by atoms with E-state index in [1.807, 2.05) is 6.20 Å². The standard InChI is InChI=1S/C13H14F3N3O/c1-19-8-10(7-18-19)6-17-11-4-2-3-5-12(11)20-9-13(14,15)16/h2-5,7-8,17H,6,9H2,1H3. The normalized spacial score (nSPS) is 11.4. The van der Waals surface area contributed by atoms with Gasteiger partial charge in [0.2, 0.25) is 0 Å². The van der Waals surface area contributed by atoms with Crippen LogP contribution in [0.3, 0.4) is 0 Å². The average Bonchev–Trinajstić information content (AvgIpc) is 2.80. The summed E-state index contributed by atoms with van der Waals surface area (Å²) in [4.78, 5) is 0. The third-order valence-electron chi connectivity index (χ3n) is 2.52. The second-order valence-electron chi connectivity index (χ2n) is 4.28. The van der Waals surface area contributed by atoms with Gasteiger partial charge in [-0.1, -0.05) is 12.1 Å². The first kappa shape index (κ1) is 14.2. The summed E-state index contributed by atoms with van der Waals surface area (Å²) in [5.74, 6) is 0.175. The summed E-state index contributed by atoms with van der Waals surface area (Å²) in [7, 11) is 1.80. The van der Waals surface area contributed by atoms with Gasteiger partial charge in [-0.3, -0.25) is 4.68 Å². The lowest BCUT2D eigenvalue weighted by molar-refractivity contribution is -0.153. The molecule has 0 atom stereocenters. The molecule has 0 bridgehead atoms. The first-order chi connectivity index (χ1) is 9.44. The van der Waals surface area contributed by atoms with Crippen molar-refractivity contribution in [2.75, 3.05) is 11.9 Å². The maximum Gasteiger partial charge on any atom is 0.422 e. The third kappa shape index (κ3) is 4.18. The van der Waals surface area contributed by atoms with E-state index in [1.165, 1.54) is 6.07 Å². The molecule has 0 amide bonds. The number of anilines is 1. The molecule has 0 fully saturated rings. The molecule has 2 aromatic rings. The van der Waals surface area contributed by atoms with E-state index in [4.69, 9.17) is 4.74 Å². The Kier molecular flexibility index (Phi) is 4.16.